The monoisotopic (exact) mass is 401 g/mol. The first-order valence-electron chi connectivity index (χ1n) is 2.26. The van der Waals surface area contributed by atoms with Gasteiger partial charge in [0, 0.05) is 19.1 Å². The molecular weight excluding hydrogens is 397 g/mol. The molecular formula is C5H7AmBrN-. The second-order valence-corrected chi connectivity index (χ2v) is 3.06. The molecule has 1 radical (unpaired) electrons. The van der Waals surface area contributed by atoms with Crippen LogP contribution in [-0.4, -0.2) is 4.83 Å². The van der Waals surface area contributed by atoms with Crippen molar-refractivity contribution in [3.63, 3.8) is 0 Å². The molecule has 0 aromatic rings. The van der Waals surface area contributed by atoms with Crippen LogP contribution < -0.4 is 0 Å². The van der Waals surface area contributed by atoms with Crippen LogP contribution in [0.1, 0.15) is 6.42 Å². The minimum atomic E-state index is 0. The molecule has 1 fully saturated rings. The Morgan fingerprint density at radius 3 is 2.12 bits per heavy atom. The predicted octanol–water partition coefficient (Wildman–Crippen LogP) is 2.34. The van der Waals surface area contributed by atoms with E-state index < -0.39 is 0 Å². The third-order valence-corrected chi connectivity index (χ3v) is 2.17. The first-order valence-corrected chi connectivity index (χ1v) is 3.18. The van der Waals surface area contributed by atoms with Gasteiger partial charge >= 0.3 is 0 Å². The maximum atomic E-state index is 7.00. The average molecular weight is 404 g/mol. The zero-order chi connectivity index (χ0) is 5.44. The van der Waals surface area contributed by atoms with Crippen molar-refractivity contribution in [2.24, 2.45) is 5.92 Å². The van der Waals surface area contributed by atoms with E-state index in [0.29, 0.717) is 16.4 Å². The maximum absolute atomic E-state index is 7.00. The smallest absolute Gasteiger partial charge is 0.0202 e. The van der Waals surface area contributed by atoms with Gasteiger partial charge in [0.1, 0.15) is 0 Å². The van der Waals surface area contributed by atoms with Crippen LogP contribution in [0.3, 0.4) is 0 Å². The number of nitrogens with one attached hydrogen (secondary N) is 1. The number of halogens is 1. The molecule has 0 aromatic carbocycles. The van der Waals surface area contributed by atoms with Gasteiger partial charge < -0.3 is 5.73 Å². The van der Waals surface area contributed by atoms with Crippen molar-refractivity contribution in [3.05, 3.63) is 18.0 Å². The van der Waals surface area contributed by atoms with Crippen molar-refractivity contribution in [2.75, 3.05) is 0 Å². The summed E-state index contributed by atoms with van der Waals surface area (Å²) in [6, 6.07) is 0. The molecule has 0 bridgehead atoms. The van der Waals surface area contributed by atoms with Gasteiger partial charge in [-0.05, 0) is 12.3 Å². The van der Waals surface area contributed by atoms with Gasteiger partial charge in [0.25, 0.3) is 0 Å². The van der Waals surface area contributed by atoms with Crippen molar-refractivity contribution >= 4 is 15.9 Å². The largest absolute Gasteiger partial charge is 0.702 e. The summed E-state index contributed by atoms with van der Waals surface area (Å²) in [6.07, 6.45) is 1.11. The molecule has 1 aliphatic rings. The molecule has 47 valence electrons. The van der Waals surface area contributed by atoms with Crippen LogP contribution >= 0.6 is 15.9 Å². The second-order valence-electron chi connectivity index (χ2n) is 1.88. The molecule has 0 aliphatic heterocycles. The zero-order valence-electron chi connectivity index (χ0n) is 4.32. The van der Waals surface area contributed by atoms with Crippen molar-refractivity contribution in [1.29, 1.82) is 0 Å². The minimum Gasteiger partial charge on any atom is -0.702 e. The number of hydrogen-bond acceptors (Lipinski definition) is 0. The third-order valence-electron chi connectivity index (χ3n) is 1.16. The zero-order valence-corrected chi connectivity index (χ0v) is 9.06. The van der Waals surface area contributed by atoms with Crippen LogP contribution in [0.5, 0.6) is 0 Å². The molecule has 0 saturated heterocycles. The van der Waals surface area contributed by atoms with E-state index in [1.165, 1.54) is 0 Å². The first-order chi connectivity index (χ1) is 3.22. The normalized spacial score (nSPS) is 33.1. The van der Waals surface area contributed by atoms with E-state index >= 15 is 0 Å². The SMILES string of the molecule is C=C([NH-])C1CC1Br.[Am]. The van der Waals surface area contributed by atoms with E-state index in [1.54, 1.807) is 0 Å². The van der Waals surface area contributed by atoms with Gasteiger partial charge in [-0.3, -0.25) is 0 Å². The van der Waals surface area contributed by atoms with E-state index in [9.17, 15) is 0 Å². The van der Waals surface area contributed by atoms with E-state index in [4.69, 9.17) is 5.73 Å². The fourth-order valence-electron chi connectivity index (χ4n) is 0.525. The Hall–Kier alpha value is 0.410. The number of rotatable bonds is 1. The number of alkyl halides is 1. The molecule has 0 aromatic heterocycles. The first kappa shape index (κ1) is 8.41. The number of allylic oxidation sites excluding steroid dienone is 1. The summed E-state index contributed by atoms with van der Waals surface area (Å²) in [5.74, 6) is 0.458. The fourth-order valence-corrected chi connectivity index (χ4v) is 1.25. The van der Waals surface area contributed by atoms with Crippen LogP contribution in [-0.2, 0) is 0 Å². The fraction of sp³-hybridized carbons (Fsp3) is 0.600. The van der Waals surface area contributed by atoms with Gasteiger partial charge in [-0.25, -0.2) is 0 Å². The van der Waals surface area contributed by atoms with Gasteiger partial charge in [0.2, 0.25) is 0 Å². The van der Waals surface area contributed by atoms with Crippen molar-refractivity contribution in [3.8, 4) is 0 Å². The summed E-state index contributed by atoms with van der Waals surface area (Å²) in [4.78, 5) is 0.567. The second kappa shape index (κ2) is 2.81. The van der Waals surface area contributed by atoms with Gasteiger partial charge in [-0.15, -0.1) is 6.58 Å². The van der Waals surface area contributed by atoms with Crippen LogP contribution in [0.2, 0.25) is 0 Å². The molecule has 0 spiro atoms. The minimum absolute atomic E-state index is 0. The standard InChI is InChI=1S/C5H7BrN.Am/c1-3(7)4-2-5(4)6;/h4-5,7H,1-2H2;/q-1;. The van der Waals surface area contributed by atoms with E-state index in [0.717, 1.165) is 6.42 Å². The Morgan fingerprint density at radius 2 is 2.12 bits per heavy atom. The van der Waals surface area contributed by atoms with Crippen LogP contribution in [0.4, 0.5) is 0 Å². The summed E-state index contributed by atoms with van der Waals surface area (Å²) in [6.45, 7) is 3.50. The Kier molecular flexibility index (Phi) is 2.95. The third kappa shape index (κ3) is 1.73. The Labute approximate surface area is 65.7 Å². The van der Waals surface area contributed by atoms with Gasteiger partial charge in [0.15, 0.2) is 0 Å². The molecule has 3 heteroatoms. The Balaban J connectivity index is 0.000000490. The van der Waals surface area contributed by atoms with Gasteiger partial charge in [-0.1, -0.05) is 15.9 Å². The van der Waals surface area contributed by atoms with Crippen LogP contribution in [0.25, 0.3) is 5.73 Å². The van der Waals surface area contributed by atoms with Crippen molar-refractivity contribution in [2.45, 2.75) is 11.2 Å². The summed E-state index contributed by atoms with van der Waals surface area (Å²) in [5, 5.41) is 0. The average Bonchev–Trinajstić information content (AvgIpc) is 2.17. The molecule has 0 heterocycles. The van der Waals surface area contributed by atoms with Crippen molar-refractivity contribution < 1.29 is 14.3 Å². The topological polar surface area (TPSA) is 23.8 Å². The van der Waals surface area contributed by atoms with Crippen LogP contribution in [0, 0.1) is 20.2 Å². The van der Waals surface area contributed by atoms with E-state index in [-0.39, 0.29) is 14.3 Å². The summed E-state index contributed by atoms with van der Waals surface area (Å²) in [7, 11) is 0. The molecule has 8 heavy (non-hydrogen) atoms. The predicted molar refractivity (Wildman–Crippen MR) is 34.3 cm³/mol. The van der Waals surface area contributed by atoms with Crippen LogP contribution in [0.15, 0.2) is 12.3 Å². The number of hydrogen-bond donors (Lipinski definition) is 0. The van der Waals surface area contributed by atoms with Crippen molar-refractivity contribution in [1.82, 2.24) is 0 Å². The summed E-state index contributed by atoms with van der Waals surface area (Å²) < 4.78 is 0. The Morgan fingerprint density at radius 1 is 1.75 bits per heavy atom. The molecule has 2 unspecified atom stereocenters. The van der Waals surface area contributed by atoms with Gasteiger partial charge in [-0.2, -0.15) is 5.70 Å². The van der Waals surface area contributed by atoms with Gasteiger partial charge in [0.05, 0.1) is 0 Å². The molecule has 1 aliphatic carbocycles. The molecule has 1 saturated carbocycles. The quantitative estimate of drug-likeness (QED) is 0.600. The molecule has 2 atom stereocenters. The maximum Gasteiger partial charge on any atom is 0.0202 e. The Bertz CT molecular complexity index is 105. The molecule has 1 rings (SSSR count). The molecule has 1 N–H and O–H groups in total. The van der Waals surface area contributed by atoms with E-state index in [2.05, 4.69) is 22.5 Å². The molecule has 1 nitrogen and oxygen atoms in total. The summed E-state index contributed by atoms with van der Waals surface area (Å²) >= 11 is 3.37. The summed E-state index contributed by atoms with van der Waals surface area (Å²) in [5.41, 5.74) is 7.57. The molecule has 0 amide bonds. The van der Waals surface area contributed by atoms with E-state index in [1.807, 2.05) is 0 Å².